The van der Waals surface area contributed by atoms with Crippen molar-refractivity contribution in [2.45, 2.75) is 12.1 Å². The fourth-order valence-corrected chi connectivity index (χ4v) is 5.40. The van der Waals surface area contributed by atoms with Crippen molar-refractivity contribution in [3.63, 3.8) is 0 Å². The van der Waals surface area contributed by atoms with E-state index in [0.717, 1.165) is 11.6 Å². The first-order chi connectivity index (χ1) is 20.1. The molecule has 0 bridgehead atoms. The molecule has 0 saturated carbocycles. The van der Waals surface area contributed by atoms with Crippen LogP contribution in [0, 0.1) is 17.6 Å². The van der Waals surface area contributed by atoms with Crippen LogP contribution in [0.15, 0.2) is 60.8 Å². The van der Waals surface area contributed by atoms with Crippen molar-refractivity contribution in [1.29, 1.82) is 0 Å². The van der Waals surface area contributed by atoms with Gasteiger partial charge >= 0.3 is 12.1 Å². The SMILES string of the molecule is C=C(Nc1ccc(Cl)c(C(=O)Nc2ccc(F)c(N(C)C(=O)C(F)(F)F)c2F)c1)[C@H](CCl)[C@@H](CCl)c1ccc(Cl)c(Cl)c1. The van der Waals surface area contributed by atoms with E-state index in [4.69, 9.17) is 58.0 Å². The molecule has 0 aliphatic heterocycles. The van der Waals surface area contributed by atoms with E-state index in [1.807, 2.05) is 0 Å². The van der Waals surface area contributed by atoms with Gasteiger partial charge in [-0.2, -0.15) is 13.2 Å². The minimum Gasteiger partial charge on any atom is -0.359 e. The van der Waals surface area contributed by atoms with Crippen LogP contribution in [0.2, 0.25) is 15.1 Å². The van der Waals surface area contributed by atoms with E-state index >= 15 is 4.39 Å². The number of amides is 2. The summed E-state index contributed by atoms with van der Waals surface area (Å²) in [6, 6.07) is 10.6. The molecule has 0 saturated heterocycles. The zero-order chi connectivity index (χ0) is 32.2. The standard InChI is InChI=1S/C28H21Cl5F5N3O2/c1-13(17(11-29)18(12-30)14-3-5-20(32)21(33)9-14)39-15-4-6-19(31)16(10-15)26(42)40-23-8-7-22(34)25(24(23)35)41(2)27(43)28(36,37)38/h3-10,17-18,39H,1,11-12H2,2H3,(H,40,42)/t17-,18-/m0/s1. The van der Waals surface area contributed by atoms with Gasteiger partial charge < -0.3 is 15.5 Å². The molecule has 15 heteroatoms. The number of halogens is 10. The van der Waals surface area contributed by atoms with Crippen LogP contribution in [0.5, 0.6) is 0 Å². The van der Waals surface area contributed by atoms with Gasteiger partial charge in [0.05, 0.1) is 26.3 Å². The Morgan fingerprint density at radius 3 is 2.14 bits per heavy atom. The van der Waals surface area contributed by atoms with Gasteiger partial charge in [0.1, 0.15) is 11.5 Å². The van der Waals surface area contributed by atoms with Crippen molar-refractivity contribution in [2.24, 2.45) is 5.92 Å². The van der Waals surface area contributed by atoms with Crippen molar-refractivity contribution in [3.05, 3.63) is 98.6 Å². The van der Waals surface area contributed by atoms with E-state index in [9.17, 15) is 27.2 Å². The minimum absolute atomic E-state index is 0.0656. The van der Waals surface area contributed by atoms with Crippen LogP contribution in [0.1, 0.15) is 21.8 Å². The summed E-state index contributed by atoms with van der Waals surface area (Å²) >= 11 is 30.9. The average molecular weight is 704 g/mol. The van der Waals surface area contributed by atoms with Crippen LogP contribution in [-0.4, -0.2) is 36.8 Å². The molecule has 0 heterocycles. The third-order valence-corrected chi connectivity index (χ3v) is 8.08. The molecular weight excluding hydrogens is 683 g/mol. The number of carbonyl (C=O) groups is 2. The predicted octanol–water partition coefficient (Wildman–Crippen LogP) is 9.51. The molecule has 0 aliphatic rings. The van der Waals surface area contributed by atoms with Crippen LogP contribution in [-0.2, 0) is 4.79 Å². The Balaban J connectivity index is 1.86. The number of alkyl halides is 5. The lowest BCUT2D eigenvalue weighted by Crippen LogP contribution is -2.39. The van der Waals surface area contributed by atoms with Gasteiger partial charge in [0.15, 0.2) is 5.82 Å². The molecular formula is C28H21Cl5F5N3O2. The van der Waals surface area contributed by atoms with Gasteiger partial charge in [-0.15, -0.1) is 23.2 Å². The molecule has 3 aromatic carbocycles. The number of benzene rings is 3. The first kappa shape index (κ1) is 34.7. The zero-order valence-corrected chi connectivity index (χ0v) is 25.7. The molecule has 0 aliphatic carbocycles. The second-order valence-electron chi connectivity index (χ2n) is 9.11. The molecule has 230 valence electrons. The second-order valence-corrected chi connectivity index (χ2v) is 11.0. The normalized spacial score (nSPS) is 12.8. The summed E-state index contributed by atoms with van der Waals surface area (Å²) in [7, 11) is 0.548. The highest BCUT2D eigenvalue weighted by molar-refractivity contribution is 6.42. The number of nitrogens with zero attached hydrogens (tertiary/aromatic N) is 1. The topological polar surface area (TPSA) is 61.4 Å². The summed E-state index contributed by atoms with van der Waals surface area (Å²) in [5.74, 6) is -7.06. The van der Waals surface area contributed by atoms with Gasteiger partial charge in [-0.05, 0) is 48.0 Å². The first-order valence-corrected chi connectivity index (χ1v) is 14.3. The molecule has 3 aromatic rings. The van der Waals surface area contributed by atoms with Gasteiger partial charge in [-0.25, -0.2) is 8.78 Å². The van der Waals surface area contributed by atoms with E-state index in [1.165, 1.54) is 18.2 Å². The van der Waals surface area contributed by atoms with E-state index < -0.39 is 46.9 Å². The Hall–Kier alpha value is -2.76. The van der Waals surface area contributed by atoms with Crippen molar-refractivity contribution in [1.82, 2.24) is 0 Å². The Kier molecular flexibility index (Phi) is 11.6. The quantitative estimate of drug-likeness (QED) is 0.163. The number of hydrogen-bond acceptors (Lipinski definition) is 3. The van der Waals surface area contributed by atoms with Crippen LogP contribution in [0.3, 0.4) is 0 Å². The lowest BCUT2D eigenvalue weighted by Gasteiger charge is -2.27. The summed E-state index contributed by atoms with van der Waals surface area (Å²) in [4.78, 5) is 24.4. The highest BCUT2D eigenvalue weighted by Crippen LogP contribution is 2.36. The fourth-order valence-electron chi connectivity index (χ4n) is 4.10. The Morgan fingerprint density at radius 1 is 0.907 bits per heavy atom. The van der Waals surface area contributed by atoms with Gasteiger partial charge in [-0.3, -0.25) is 9.59 Å². The molecule has 3 rings (SSSR count). The lowest BCUT2D eigenvalue weighted by atomic mass is 9.86. The molecule has 0 spiro atoms. The fraction of sp³-hybridized carbons (Fsp3) is 0.214. The summed E-state index contributed by atoms with van der Waals surface area (Å²) in [6.45, 7) is 4.05. The number of anilines is 3. The first-order valence-electron chi connectivity index (χ1n) is 12.1. The van der Waals surface area contributed by atoms with Crippen molar-refractivity contribution < 1.29 is 31.5 Å². The maximum Gasteiger partial charge on any atom is 0.471 e. The highest BCUT2D eigenvalue weighted by atomic mass is 35.5. The van der Waals surface area contributed by atoms with E-state index in [0.29, 0.717) is 34.5 Å². The zero-order valence-electron chi connectivity index (χ0n) is 21.9. The van der Waals surface area contributed by atoms with Gasteiger partial charge in [-0.1, -0.05) is 47.4 Å². The largest absolute Gasteiger partial charge is 0.471 e. The number of hydrogen-bond donors (Lipinski definition) is 2. The number of allylic oxidation sites excluding steroid dienone is 1. The van der Waals surface area contributed by atoms with Gasteiger partial charge in [0.2, 0.25) is 0 Å². The summed E-state index contributed by atoms with van der Waals surface area (Å²) in [5.41, 5.74) is -0.667. The summed E-state index contributed by atoms with van der Waals surface area (Å²) in [6.07, 6.45) is -5.40. The number of nitrogens with one attached hydrogen (secondary N) is 2. The van der Waals surface area contributed by atoms with Gasteiger partial charge in [0, 0.05) is 42.0 Å². The molecule has 0 unspecified atom stereocenters. The predicted molar refractivity (Wildman–Crippen MR) is 162 cm³/mol. The molecule has 5 nitrogen and oxygen atoms in total. The van der Waals surface area contributed by atoms with Crippen LogP contribution >= 0.6 is 58.0 Å². The van der Waals surface area contributed by atoms with E-state index in [-0.39, 0.29) is 33.2 Å². The lowest BCUT2D eigenvalue weighted by molar-refractivity contribution is -0.170. The molecule has 2 amide bonds. The molecule has 2 N–H and O–H groups in total. The molecule has 43 heavy (non-hydrogen) atoms. The number of rotatable bonds is 10. The second kappa shape index (κ2) is 14.3. The minimum atomic E-state index is -5.40. The third kappa shape index (κ3) is 8.05. The molecule has 0 aromatic heterocycles. The Labute approximate surface area is 268 Å². The summed E-state index contributed by atoms with van der Waals surface area (Å²) in [5, 5.41) is 5.82. The maximum atomic E-state index is 15.1. The third-order valence-electron chi connectivity index (χ3n) is 6.35. The highest BCUT2D eigenvalue weighted by Gasteiger charge is 2.43. The maximum absolute atomic E-state index is 15.1. The smallest absolute Gasteiger partial charge is 0.359 e. The summed E-state index contributed by atoms with van der Waals surface area (Å²) < 4.78 is 67.9. The van der Waals surface area contributed by atoms with Crippen LogP contribution in [0.25, 0.3) is 0 Å². The monoisotopic (exact) mass is 701 g/mol. The average Bonchev–Trinajstić information content (AvgIpc) is 2.94. The van der Waals surface area contributed by atoms with Crippen LogP contribution < -0.4 is 15.5 Å². The number of carbonyl (C=O) groups excluding carboxylic acids is 2. The van der Waals surface area contributed by atoms with Crippen LogP contribution in [0.4, 0.5) is 39.0 Å². The Bertz CT molecular complexity index is 1550. The molecule has 0 fully saturated rings. The van der Waals surface area contributed by atoms with Crippen molar-refractivity contribution in [3.8, 4) is 0 Å². The van der Waals surface area contributed by atoms with Crippen molar-refractivity contribution >= 4 is 86.9 Å². The van der Waals surface area contributed by atoms with E-state index in [1.54, 1.807) is 18.2 Å². The van der Waals surface area contributed by atoms with Gasteiger partial charge in [0.25, 0.3) is 5.91 Å². The Morgan fingerprint density at radius 2 is 1.56 bits per heavy atom. The molecule has 0 radical (unpaired) electrons. The van der Waals surface area contributed by atoms with Crippen molar-refractivity contribution in [2.75, 3.05) is 34.3 Å². The molecule has 2 atom stereocenters. The van der Waals surface area contributed by atoms with E-state index in [2.05, 4.69) is 17.2 Å².